The maximum atomic E-state index is 4.51. The largest absolute Gasteiger partial charge is 0.372 e. The summed E-state index contributed by atoms with van der Waals surface area (Å²) in [6.07, 6.45) is 2.75. The minimum Gasteiger partial charge on any atom is -0.372 e. The number of amidine groups is 1. The standard InChI is InChI=1S/C16H17N3/c1-2-6-13(7-3-1)14(12-16-18-10-11-19-16)15-8-4-5-9-17-15/h1-9,14H,10-12H2,(H,18,19). The van der Waals surface area contributed by atoms with Gasteiger partial charge in [-0.1, -0.05) is 36.4 Å². The van der Waals surface area contributed by atoms with E-state index in [2.05, 4.69) is 45.6 Å². The molecule has 1 atom stereocenters. The lowest BCUT2D eigenvalue weighted by Crippen LogP contribution is -2.21. The third-order valence-electron chi connectivity index (χ3n) is 3.39. The van der Waals surface area contributed by atoms with Gasteiger partial charge in [0.1, 0.15) is 0 Å². The predicted octanol–water partition coefficient (Wildman–Crippen LogP) is 2.61. The average Bonchev–Trinajstić information content (AvgIpc) is 3.00. The fourth-order valence-corrected chi connectivity index (χ4v) is 2.44. The van der Waals surface area contributed by atoms with Gasteiger partial charge in [0, 0.05) is 30.8 Å². The number of nitrogens with one attached hydrogen (secondary N) is 1. The van der Waals surface area contributed by atoms with Gasteiger partial charge in [0.25, 0.3) is 0 Å². The highest BCUT2D eigenvalue weighted by Crippen LogP contribution is 2.26. The molecule has 0 saturated carbocycles. The summed E-state index contributed by atoms with van der Waals surface area (Å²) in [7, 11) is 0. The van der Waals surface area contributed by atoms with Crippen molar-refractivity contribution >= 4 is 5.84 Å². The van der Waals surface area contributed by atoms with Crippen LogP contribution in [0.15, 0.2) is 59.7 Å². The minimum absolute atomic E-state index is 0.270. The molecule has 96 valence electrons. The number of pyridine rings is 1. The zero-order valence-electron chi connectivity index (χ0n) is 10.8. The molecule has 3 nitrogen and oxygen atoms in total. The number of aromatic nitrogens is 1. The van der Waals surface area contributed by atoms with Crippen LogP contribution in [0.25, 0.3) is 0 Å². The van der Waals surface area contributed by atoms with Crippen molar-refractivity contribution in [3.63, 3.8) is 0 Å². The molecule has 1 unspecified atom stereocenters. The molecular weight excluding hydrogens is 234 g/mol. The van der Waals surface area contributed by atoms with Crippen LogP contribution in [0.3, 0.4) is 0 Å². The molecule has 1 aliphatic heterocycles. The molecule has 0 radical (unpaired) electrons. The first-order chi connectivity index (χ1) is 9.43. The van der Waals surface area contributed by atoms with E-state index in [0.717, 1.165) is 31.0 Å². The van der Waals surface area contributed by atoms with Gasteiger partial charge in [-0.2, -0.15) is 0 Å². The van der Waals surface area contributed by atoms with Crippen LogP contribution in [-0.4, -0.2) is 23.9 Å². The van der Waals surface area contributed by atoms with E-state index in [0.29, 0.717) is 0 Å². The quantitative estimate of drug-likeness (QED) is 0.907. The van der Waals surface area contributed by atoms with E-state index in [1.165, 1.54) is 5.56 Å². The van der Waals surface area contributed by atoms with Crippen LogP contribution in [0.5, 0.6) is 0 Å². The maximum absolute atomic E-state index is 4.51. The number of hydrogen-bond donors (Lipinski definition) is 1. The lowest BCUT2D eigenvalue weighted by atomic mass is 9.91. The first-order valence-electron chi connectivity index (χ1n) is 6.66. The van der Waals surface area contributed by atoms with Crippen molar-refractivity contribution in [2.24, 2.45) is 4.99 Å². The van der Waals surface area contributed by atoms with Crippen LogP contribution in [0.1, 0.15) is 23.6 Å². The Bertz CT molecular complexity index is 509. The van der Waals surface area contributed by atoms with Crippen molar-refractivity contribution in [2.75, 3.05) is 13.1 Å². The van der Waals surface area contributed by atoms with E-state index in [1.807, 2.05) is 24.4 Å². The van der Waals surface area contributed by atoms with Crippen LogP contribution >= 0.6 is 0 Å². The molecule has 0 spiro atoms. The molecule has 2 heterocycles. The second kappa shape index (κ2) is 5.65. The number of rotatable bonds is 4. The fourth-order valence-electron chi connectivity index (χ4n) is 2.44. The summed E-state index contributed by atoms with van der Waals surface area (Å²) in [5.41, 5.74) is 2.39. The summed E-state index contributed by atoms with van der Waals surface area (Å²) in [6, 6.07) is 16.6. The highest BCUT2D eigenvalue weighted by molar-refractivity contribution is 5.84. The van der Waals surface area contributed by atoms with Gasteiger partial charge in [0.15, 0.2) is 0 Å². The molecule has 3 rings (SSSR count). The second-order valence-corrected chi connectivity index (χ2v) is 4.68. The summed E-state index contributed by atoms with van der Waals surface area (Å²) in [5.74, 6) is 1.37. The highest BCUT2D eigenvalue weighted by Gasteiger charge is 2.19. The Morgan fingerprint density at radius 1 is 1.05 bits per heavy atom. The van der Waals surface area contributed by atoms with E-state index < -0.39 is 0 Å². The number of nitrogens with zero attached hydrogens (tertiary/aromatic N) is 2. The van der Waals surface area contributed by atoms with Crippen molar-refractivity contribution < 1.29 is 0 Å². The van der Waals surface area contributed by atoms with Gasteiger partial charge in [-0.15, -0.1) is 0 Å². The Kier molecular flexibility index (Phi) is 3.54. The van der Waals surface area contributed by atoms with Crippen molar-refractivity contribution in [3.05, 3.63) is 66.0 Å². The topological polar surface area (TPSA) is 37.3 Å². The number of benzene rings is 1. The summed E-state index contributed by atoms with van der Waals surface area (Å²) in [4.78, 5) is 9.02. The third kappa shape index (κ3) is 2.81. The number of aliphatic imine (C=N–C) groups is 1. The molecule has 1 aromatic carbocycles. The van der Waals surface area contributed by atoms with E-state index in [9.17, 15) is 0 Å². The van der Waals surface area contributed by atoms with Gasteiger partial charge in [-0.3, -0.25) is 9.98 Å². The SMILES string of the molecule is c1ccc(C(CC2=NCCN2)c2ccccn2)cc1. The summed E-state index contributed by atoms with van der Waals surface area (Å²) < 4.78 is 0. The zero-order valence-corrected chi connectivity index (χ0v) is 10.8. The molecule has 0 fully saturated rings. The Morgan fingerprint density at radius 3 is 2.58 bits per heavy atom. The molecular formula is C16H17N3. The van der Waals surface area contributed by atoms with E-state index in [1.54, 1.807) is 0 Å². The van der Waals surface area contributed by atoms with E-state index >= 15 is 0 Å². The lowest BCUT2D eigenvalue weighted by molar-refractivity contribution is 0.801. The Morgan fingerprint density at radius 2 is 1.89 bits per heavy atom. The van der Waals surface area contributed by atoms with Crippen LogP contribution < -0.4 is 5.32 Å². The summed E-state index contributed by atoms with van der Waals surface area (Å²) in [5, 5.41) is 3.35. The molecule has 1 aliphatic rings. The van der Waals surface area contributed by atoms with Crippen LogP contribution in [-0.2, 0) is 0 Å². The molecule has 0 amide bonds. The normalized spacial score (nSPS) is 15.7. The van der Waals surface area contributed by atoms with Crippen molar-refractivity contribution in [1.82, 2.24) is 10.3 Å². The van der Waals surface area contributed by atoms with Gasteiger partial charge in [0.2, 0.25) is 0 Å². The third-order valence-corrected chi connectivity index (χ3v) is 3.39. The fraction of sp³-hybridized carbons (Fsp3) is 0.250. The molecule has 3 heteroatoms. The van der Waals surface area contributed by atoms with Crippen LogP contribution in [0.2, 0.25) is 0 Å². The minimum atomic E-state index is 0.270. The molecule has 19 heavy (non-hydrogen) atoms. The predicted molar refractivity (Wildman–Crippen MR) is 77.4 cm³/mol. The maximum Gasteiger partial charge on any atom is 0.0974 e. The van der Waals surface area contributed by atoms with Crippen LogP contribution in [0.4, 0.5) is 0 Å². The Hall–Kier alpha value is -2.16. The summed E-state index contributed by atoms with van der Waals surface area (Å²) in [6.45, 7) is 1.85. The molecule has 0 bridgehead atoms. The van der Waals surface area contributed by atoms with Gasteiger partial charge in [0.05, 0.1) is 12.4 Å². The zero-order chi connectivity index (χ0) is 12.9. The molecule has 1 N–H and O–H groups in total. The second-order valence-electron chi connectivity index (χ2n) is 4.68. The monoisotopic (exact) mass is 251 g/mol. The number of hydrogen-bond acceptors (Lipinski definition) is 3. The van der Waals surface area contributed by atoms with Crippen molar-refractivity contribution in [1.29, 1.82) is 0 Å². The van der Waals surface area contributed by atoms with Crippen molar-refractivity contribution in [2.45, 2.75) is 12.3 Å². The summed E-state index contributed by atoms with van der Waals surface area (Å²) >= 11 is 0. The average molecular weight is 251 g/mol. The van der Waals surface area contributed by atoms with Gasteiger partial charge >= 0.3 is 0 Å². The van der Waals surface area contributed by atoms with Gasteiger partial charge < -0.3 is 5.32 Å². The Labute approximate surface area is 113 Å². The smallest absolute Gasteiger partial charge is 0.0974 e. The Balaban J connectivity index is 1.91. The highest BCUT2D eigenvalue weighted by atomic mass is 15.1. The molecule has 0 aliphatic carbocycles. The first-order valence-corrected chi connectivity index (χ1v) is 6.66. The van der Waals surface area contributed by atoms with E-state index in [-0.39, 0.29) is 5.92 Å². The van der Waals surface area contributed by atoms with Crippen molar-refractivity contribution in [3.8, 4) is 0 Å². The van der Waals surface area contributed by atoms with Crippen LogP contribution in [0, 0.1) is 0 Å². The van der Waals surface area contributed by atoms with Gasteiger partial charge in [-0.05, 0) is 17.7 Å². The van der Waals surface area contributed by atoms with Gasteiger partial charge in [-0.25, -0.2) is 0 Å². The lowest BCUT2D eigenvalue weighted by Gasteiger charge is -2.17. The molecule has 1 aromatic heterocycles. The molecule has 2 aromatic rings. The molecule has 0 saturated heterocycles. The first kappa shape index (κ1) is 11.9. The van der Waals surface area contributed by atoms with E-state index in [4.69, 9.17) is 0 Å².